The Bertz CT molecular complexity index is 627. The number of hydrogen-bond donors (Lipinski definition) is 0. The molecule has 116 valence electrons. The van der Waals surface area contributed by atoms with E-state index in [0.717, 1.165) is 51.2 Å². The molecule has 3 heterocycles. The summed E-state index contributed by atoms with van der Waals surface area (Å²) in [4.78, 5) is 7.08. The smallest absolute Gasteiger partial charge is 0.160 e. The van der Waals surface area contributed by atoms with Crippen LogP contribution in [-0.2, 0) is 16.0 Å². The molecule has 0 unspecified atom stereocenters. The number of piperidine rings is 1. The van der Waals surface area contributed by atoms with Gasteiger partial charge in [0.15, 0.2) is 6.29 Å². The van der Waals surface area contributed by atoms with Crippen LogP contribution in [-0.4, -0.2) is 42.5 Å². The molecule has 0 amide bonds. The van der Waals surface area contributed by atoms with E-state index in [1.54, 1.807) is 0 Å². The lowest BCUT2D eigenvalue weighted by Crippen LogP contribution is -2.37. The Morgan fingerprint density at radius 3 is 2.64 bits per heavy atom. The van der Waals surface area contributed by atoms with E-state index in [2.05, 4.69) is 34.1 Å². The topological polar surface area (TPSA) is 34.6 Å². The van der Waals surface area contributed by atoms with Gasteiger partial charge in [-0.3, -0.25) is 9.88 Å². The van der Waals surface area contributed by atoms with Crippen LogP contribution < -0.4 is 0 Å². The number of rotatable bonds is 3. The summed E-state index contributed by atoms with van der Waals surface area (Å²) in [5.41, 5.74) is 2.46. The van der Waals surface area contributed by atoms with Crippen molar-refractivity contribution in [3.63, 3.8) is 0 Å². The van der Waals surface area contributed by atoms with Crippen molar-refractivity contribution in [1.29, 1.82) is 0 Å². The minimum Gasteiger partial charge on any atom is -0.350 e. The fourth-order valence-corrected chi connectivity index (χ4v) is 3.57. The molecule has 4 nitrogen and oxygen atoms in total. The van der Waals surface area contributed by atoms with E-state index >= 15 is 0 Å². The van der Waals surface area contributed by atoms with Gasteiger partial charge >= 0.3 is 0 Å². The van der Waals surface area contributed by atoms with Gasteiger partial charge in [-0.15, -0.1) is 0 Å². The van der Waals surface area contributed by atoms with Gasteiger partial charge in [0.1, 0.15) is 0 Å². The summed E-state index contributed by atoms with van der Waals surface area (Å²) in [6.07, 6.45) is 4.24. The van der Waals surface area contributed by atoms with Crippen molar-refractivity contribution >= 4 is 10.9 Å². The Morgan fingerprint density at radius 1 is 1.05 bits per heavy atom. The normalized spacial score (nSPS) is 21.6. The molecule has 2 aliphatic rings. The van der Waals surface area contributed by atoms with Crippen LogP contribution in [0.4, 0.5) is 0 Å². The second-order valence-corrected chi connectivity index (χ2v) is 6.22. The summed E-state index contributed by atoms with van der Waals surface area (Å²) < 4.78 is 11.3. The van der Waals surface area contributed by atoms with Crippen LogP contribution in [0.1, 0.15) is 18.4 Å². The highest BCUT2D eigenvalue weighted by atomic mass is 16.7. The van der Waals surface area contributed by atoms with Crippen LogP contribution in [0.15, 0.2) is 36.5 Å². The van der Waals surface area contributed by atoms with E-state index in [1.807, 2.05) is 12.3 Å². The SMILES string of the molecule is c1cnc2c(CN3CCC(C4OCCO4)CC3)cccc2c1. The molecule has 0 radical (unpaired) electrons. The van der Waals surface area contributed by atoms with Gasteiger partial charge in [0.05, 0.1) is 18.7 Å². The summed E-state index contributed by atoms with van der Waals surface area (Å²) in [5, 5.41) is 1.22. The first-order valence-electron chi connectivity index (χ1n) is 8.18. The molecule has 0 aliphatic carbocycles. The lowest BCUT2D eigenvalue weighted by molar-refractivity contribution is -0.0977. The van der Waals surface area contributed by atoms with Gasteiger partial charge in [0, 0.05) is 24.0 Å². The zero-order valence-corrected chi connectivity index (χ0v) is 12.8. The summed E-state index contributed by atoms with van der Waals surface area (Å²) in [7, 11) is 0. The zero-order valence-electron chi connectivity index (χ0n) is 12.8. The molecule has 2 aliphatic heterocycles. The molecule has 0 N–H and O–H groups in total. The van der Waals surface area contributed by atoms with Crippen LogP contribution >= 0.6 is 0 Å². The van der Waals surface area contributed by atoms with Crippen LogP contribution in [0.25, 0.3) is 10.9 Å². The molecule has 1 aromatic heterocycles. The summed E-state index contributed by atoms with van der Waals surface area (Å²) in [5.74, 6) is 0.560. The van der Waals surface area contributed by atoms with Gasteiger partial charge in [-0.1, -0.05) is 24.3 Å². The average Bonchev–Trinajstić information content (AvgIpc) is 3.10. The number of nitrogens with zero attached hydrogens (tertiary/aromatic N) is 2. The predicted octanol–water partition coefficient (Wildman–Crippen LogP) is 2.82. The van der Waals surface area contributed by atoms with E-state index in [-0.39, 0.29) is 6.29 Å². The Balaban J connectivity index is 1.41. The summed E-state index contributed by atoms with van der Waals surface area (Å²) in [6.45, 7) is 4.71. The van der Waals surface area contributed by atoms with Crippen LogP contribution in [0.5, 0.6) is 0 Å². The maximum Gasteiger partial charge on any atom is 0.160 e. The number of likely N-dealkylation sites (tertiary alicyclic amines) is 1. The van der Waals surface area contributed by atoms with E-state index in [1.165, 1.54) is 10.9 Å². The Hall–Kier alpha value is -1.49. The third-order valence-electron chi connectivity index (χ3n) is 4.77. The standard InChI is InChI=1S/C18H22N2O2/c1-3-14-5-2-8-19-17(14)16(4-1)13-20-9-6-15(7-10-20)18-21-11-12-22-18/h1-5,8,15,18H,6-7,9-13H2. The molecular weight excluding hydrogens is 276 g/mol. The molecule has 22 heavy (non-hydrogen) atoms. The molecule has 4 heteroatoms. The van der Waals surface area contributed by atoms with Crippen molar-refractivity contribution in [2.45, 2.75) is 25.7 Å². The highest BCUT2D eigenvalue weighted by Gasteiger charge is 2.30. The first-order chi connectivity index (χ1) is 10.9. The Morgan fingerprint density at radius 2 is 1.82 bits per heavy atom. The molecule has 2 saturated heterocycles. The molecule has 2 fully saturated rings. The molecule has 0 saturated carbocycles. The monoisotopic (exact) mass is 298 g/mol. The summed E-state index contributed by atoms with van der Waals surface area (Å²) in [6, 6.07) is 10.6. The number of benzene rings is 1. The molecular formula is C18H22N2O2. The van der Waals surface area contributed by atoms with E-state index in [4.69, 9.17) is 9.47 Å². The molecule has 4 rings (SSSR count). The minimum absolute atomic E-state index is 0.0429. The van der Waals surface area contributed by atoms with Crippen molar-refractivity contribution in [3.05, 3.63) is 42.1 Å². The van der Waals surface area contributed by atoms with Crippen molar-refractivity contribution in [2.75, 3.05) is 26.3 Å². The maximum atomic E-state index is 5.65. The Labute approximate surface area is 131 Å². The second kappa shape index (κ2) is 6.32. The van der Waals surface area contributed by atoms with Gasteiger partial charge < -0.3 is 9.47 Å². The highest BCUT2D eigenvalue weighted by molar-refractivity contribution is 5.81. The quantitative estimate of drug-likeness (QED) is 0.873. The first-order valence-corrected chi connectivity index (χ1v) is 8.18. The maximum absolute atomic E-state index is 5.65. The summed E-state index contributed by atoms with van der Waals surface area (Å²) >= 11 is 0. The highest BCUT2D eigenvalue weighted by Crippen LogP contribution is 2.27. The van der Waals surface area contributed by atoms with E-state index in [0.29, 0.717) is 5.92 Å². The minimum atomic E-state index is 0.0429. The predicted molar refractivity (Wildman–Crippen MR) is 85.4 cm³/mol. The molecule has 0 bridgehead atoms. The van der Waals surface area contributed by atoms with E-state index < -0.39 is 0 Å². The third kappa shape index (κ3) is 2.86. The lowest BCUT2D eigenvalue weighted by atomic mass is 9.95. The zero-order chi connectivity index (χ0) is 14.8. The largest absolute Gasteiger partial charge is 0.350 e. The van der Waals surface area contributed by atoms with Crippen molar-refractivity contribution in [1.82, 2.24) is 9.88 Å². The van der Waals surface area contributed by atoms with Gasteiger partial charge in [0.25, 0.3) is 0 Å². The number of ether oxygens (including phenoxy) is 2. The molecule has 1 aromatic carbocycles. The average molecular weight is 298 g/mol. The first kappa shape index (κ1) is 14.1. The van der Waals surface area contributed by atoms with Crippen molar-refractivity contribution < 1.29 is 9.47 Å². The van der Waals surface area contributed by atoms with Crippen LogP contribution in [0.3, 0.4) is 0 Å². The van der Waals surface area contributed by atoms with Gasteiger partial charge in [0.2, 0.25) is 0 Å². The number of fused-ring (bicyclic) bond motifs is 1. The number of hydrogen-bond acceptors (Lipinski definition) is 4. The number of aromatic nitrogens is 1. The fourth-order valence-electron chi connectivity index (χ4n) is 3.57. The third-order valence-corrected chi connectivity index (χ3v) is 4.77. The molecule has 0 atom stereocenters. The number of pyridine rings is 1. The van der Waals surface area contributed by atoms with Gasteiger partial charge in [-0.05, 0) is 37.6 Å². The van der Waals surface area contributed by atoms with Crippen molar-refractivity contribution in [3.8, 4) is 0 Å². The Kier molecular flexibility index (Phi) is 4.06. The van der Waals surface area contributed by atoms with Crippen LogP contribution in [0.2, 0.25) is 0 Å². The fraction of sp³-hybridized carbons (Fsp3) is 0.500. The lowest BCUT2D eigenvalue weighted by Gasteiger charge is -2.33. The van der Waals surface area contributed by atoms with Crippen molar-refractivity contribution in [2.24, 2.45) is 5.92 Å². The van der Waals surface area contributed by atoms with Gasteiger partial charge in [-0.2, -0.15) is 0 Å². The molecule has 2 aromatic rings. The molecule has 0 spiro atoms. The number of para-hydroxylation sites is 1. The van der Waals surface area contributed by atoms with Gasteiger partial charge in [-0.25, -0.2) is 0 Å². The van der Waals surface area contributed by atoms with E-state index in [9.17, 15) is 0 Å². The van der Waals surface area contributed by atoms with Crippen LogP contribution in [0, 0.1) is 5.92 Å². The second-order valence-electron chi connectivity index (χ2n) is 6.22.